The van der Waals surface area contributed by atoms with Crippen molar-refractivity contribution in [1.82, 2.24) is 0 Å². The van der Waals surface area contributed by atoms with Crippen molar-refractivity contribution in [1.29, 1.82) is 5.26 Å². The summed E-state index contributed by atoms with van der Waals surface area (Å²) in [5, 5.41) is 31.8. The molecule has 6 nitrogen and oxygen atoms in total. The zero-order valence-corrected chi connectivity index (χ0v) is 10.4. The molecule has 6 heteroatoms. The van der Waals surface area contributed by atoms with Crippen LogP contribution in [-0.2, 0) is 0 Å². The van der Waals surface area contributed by atoms with E-state index < -0.39 is 4.92 Å². The van der Waals surface area contributed by atoms with Crippen molar-refractivity contribution in [3.8, 4) is 6.07 Å². The molecule has 100 valence electrons. The zero-order valence-electron chi connectivity index (χ0n) is 10.4. The average molecular weight is 261 g/mol. The first kappa shape index (κ1) is 13.3. The van der Waals surface area contributed by atoms with Crippen molar-refractivity contribution < 1.29 is 10.0 Å². The third-order valence-corrected chi connectivity index (χ3v) is 3.58. The summed E-state index contributed by atoms with van der Waals surface area (Å²) in [6.07, 6.45) is 2.74. The van der Waals surface area contributed by atoms with Crippen LogP contribution in [0.2, 0.25) is 0 Å². The molecule has 0 spiro atoms. The lowest BCUT2D eigenvalue weighted by Gasteiger charge is -2.15. The molecule has 0 radical (unpaired) electrons. The molecular weight excluding hydrogens is 246 g/mol. The second-order valence-electron chi connectivity index (χ2n) is 4.93. The van der Waals surface area contributed by atoms with Crippen molar-refractivity contribution in [2.75, 3.05) is 18.5 Å². The van der Waals surface area contributed by atoms with Gasteiger partial charge in [0.05, 0.1) is 16.6 Å². The zero-order chi connectivity index (χ0) is 13.9. The van der Waals surface area contributed by atoms with E-state index in [1.807, 2.05) is 6.07 Å². The summed E-state index contributed by atoms with van der Waals surface area (Å²) in [6.45, 7) is 0.714. The fourth-order valence-corrected chi connectivity index (χ4v) is 2.12. The number of nitro groups is 1. The van der Waals surface area contributed by atoms with Crippen LogP contribution in [0.1, 0.15) is 24.8 Å². The van der Waals surface area contributed by atoms with Crippen LogP contribution in [-0.4, -0.2) is 23.2 Å². The number of anilines is 1. The van der Waals surface area contributed by atoms with E-state index in [4.69, 9.17) is 10.4 Å². The lowest BCUT2D eigenvalue weighted by molar-refractivity contribution is -0.384. The highest BCUT2D eigenvalue weighted by molar-refractivity contribution is 5.64. The number of aliphatic hydroxyl groups is 1. The van der Waals surface area contributed by atoms with Crippen LogP contribution < -0.4 is 5.32 Å². The number of hydrogen-bond donors (Lipinski definition) is 2. The van der Waals surface area contributed by atoms with Crippen LogP contribution in [0.25, 0.3) is 0 Å². The molecule has 2 N–H and O–H groups in total. The van der Waals surface area contributed by atoms with Gasteiger partial charge in [0, 0.05) is 19.2 Å². The van der Waals surface area contributed by atoms with Crippen molar-refractivity contribution in [2.24, 2.45) is 5.41 Å². The molecule has 2 rings (SSSR count). The summed E-state index contributed by atoms with van der Waals surface area (Å²) in [5.41, 5.74) is 0.790. The summed E-state index contributed by atoms with van der Waals surface area (Å²) in [5.74, 6) is 0. The maximum atomic E-state index is 10.9. The van der Waals surface area contributed by atoms with Gasteiger partial charge in [-0.1, -0.05) is 0 Å². The van der Waals surface area contributed by atoms with E-state index in [-0.39, 0.29) is 17.7 Å². The summed E-state index contributed by atoms with van der Waals surface area (Å²) in [6, 6.07) is 6.24. The van der Waals surface area contributed by atoms with Gasteiger partial charge < -0.3 is 10.4 Å². The number of benzene rings is 1. The molecule has 0 amide bonds. The first-order valence-corrected chi connectivity index (χ1v) is 6.13. The van der Waals surface area contributed by atoms with Crippen LogP contribution in [0.15, 0.2) is 18.2 Å². The minimum Gasteiger partial charge on any atom is -0.396 e. The second-order valence-corrected chi connectivity index (χ2v) is 4.93. The number of hydrogen-bond acceptors (Lipinski definition) is 5. The van der Waals surface area contributed by atoms with E-state index in [2.05, 4.69) is 5.32 Å². The molecule has 1 aliphatic carbocycles. The maximum absolute atomic E-state index is 10.9. The van der Waals surface area contributed by atoms with Crippen molar-refractivity contribution in [2.45, 2.75) is 19.3 Å². The Morgan fingerprint density at radius 1 is 1.53 bits per heavy atom. The monoisotopic (exact) mass is 261 g/mol. The molecule has 1 aliphatic rings. The van der Waals surface area contributed by atoms with Crippen LogP contribution in [0.3, 0.4) is 0 Å². The van der Waals surface area contributed by atoms with Gasteiger partial charge in [-0.25, -0.2) is 0 Å². The normalized spacial score (nSPS) is 15.6. The number of nitrogens with zero attached hydrogens (tertiary/aromatic N) is 2. The number of nitriles is 1. The number of nitrogens with one attached hydrogen (secondary N) is 1. The Balaban J connectivity index is 2.14. The van der Waals surface area contributed by atoms with Gasteiger partial charge in [-0.15, -0.1) is 0 Å². The van der Waals surface area contributed by atoms with E-state index in [9.17, 15) is 10.1 Å². The number of aliphatic hydroxyl groups excluding tert-OH is 1. The third kappa shape index (κ3) is 3.01. The van der Waals surface area contributed by atoms with Crippen molar-refractivity contribution in [3.05, 3.63) is 33.9 Å². The molecule has 19 heavy (non-hydrogen) atoms. The Hall–Kier alpha value is -2.13. The first-order chi connectivity index (χ1) is 9.10. The van der Waals surface area contributed by atoms with Gasteiger partial charge in [-0.05, 0) is 36.8 Å². The molecule has 1 aromatic carbocycles. The van der Waals surface area contributed by atoms with E-state index in [0.717, 1.165) is 12.8 Å². The SMILES string of the molecule is N#Cc1ccc([N+](=O)[O-])c(NCC2(CCO)CC2)c1. The van der Waals surface area contributed by atoms with E-state index in [1.54, 1.807) is 0 Å². The predicted molar refractivity (Wildman–Crippen MR) is 69.7 cm³/mol. The van der Waals surface area contributed by atoms with Crippen LogP contribution in [0, 0.1) is 26.9 Å². The smallest absolute Gasteiger partial charge is 0.292 e. The molecule has 0 heterocycles. The van der Waals surface area contributed by atoms with E-state index in [0.29, 0.717) is 24.2 Å². The maximum Gasteiger partial charge on any atom is 0.292 e. The molecular formula is C13H15N3O3. The van der Waals surface area contributed by atoms with Gasteiger partial charge in [0.15, 0.2) is 0 Å². The minimum absolute atomic E-state index is 0.0289. The van der Waals surface area contributed by atoms with Crippen molar-refractivity contribution >= 4 is 11.4 Å². The van der Waals surface area contributed by atoms with E-state index >= 15 is 0 Å². The molecule has 0 atom stereocenters. The summed E-state index contributed by atoms with van der Waals surface area (Å²) in [4.78, 5) is 10.5. The lowest BCUT2D eigenvalue weighted by atomic mass is 10.0. The van der Waals surface area contributed by atoms with Gasteiger partial charge >= 0.3 is 0 Å². The highest BCUT2D eigenvalue weighted by Crippen LogP contribution is 2.48. The number of rotatable bonds is 6. The molecule has 1 aromatic rings. The predicted octanol–water partition coefficient (Wildman–Crippen LogP) is 2.04. The Morgan fingerprint density at radius 2 is 2.26 bits per heavy atom. The Bertz CT molecular complexity index is 532. The standard InChI is InChI=1S/C13H15N3O3/c14-8-10-1-2-12(16(18)19)11(7-10)15-9-13(3-4-13)5-6-17/h1-2,7,15,17H,3-6,9H2. The summed E-state index contributed by atoms with van der Waals surface area (Å²) in [7, 11) is 0. The highest BCUT2D eigenvalue weighted by Gasteiger charge is 2.41. The molecule has 0 unspecified atom stereocenters. The molecule has 0 aromatic heterocycles. The highest BCUT2D eigenvalue weighted by atomic mass is 16.6. The molecule has 0 saturated heterocycles. The van der Waals surface area contributed by atoms with Crippen LogP contribution in [0.4, 0.5) is 11.4 Å². The average Bonchev–Trinajstić information content (AvgIpc) is 3.16. The van der Waals surface area contributed by atoms with E-state index in [1.165, 1.54) is 18.2 Å². The van der Waals surface area contributed by atoms with Gasteiger partial charge in [0.2, 0.25) is 0 Å². The summed E-state index contributed by atoms with van der Waals surface area (Å²) < 4.78 is 0. The second kappa shape index (κ2) is 5.24. The topological polar surface area (TPSA) is 99.2 Å². The molecule has 1 saturated carbocycles. The number of nitro benzene ring substituents is 1. The summed E-state index contributed by atoms with van der Waals surface area (Å²) >= 11 is 0. The Labute approximate surface area is 110 Å². The quantitative estimate of drug-likeness (QED) is 0.603. The lowest BCUT2D eigenvalue weighted by Crippen LogP contribution is -2.17. The van der Waals surface area contributed by atoms with Crippen LogP contribution in [0.5, 0.6) is 0 Å². The minimum atomic E-state index is -0.463. The fourth-order valence-electron chi connectivity index (χ4n) is 2.12. The molecule has 1 fully saturated rings. The fraction of sp³-hybridized carbons (Fsp3) is 0.462. The van der Waals surface area contributed by atoms with Gasteiger partial charge in [0.1, 0.15) is 5.69 Å². The Kier molecular flexibility index (Phi) is 3.67. The largest absolute Gasteiger partial charge is 0.396 e. The Morgan fingerprint density at radius 3 is 2.79 bits per heavy atom. The molecule has 0 bridgehead atoms. The van der Waals surface area contributed by atoms with Gasteiger partial charge in [0.25, 0.3) is 5.69 Å². The van der Waals surface area contributed by atoms with Gasteiger partial charge in [-0.2, -0.15) is 5.26 Å². The van der Waals surface area contributed by atoms with Crippen LogP contribution >= 0.6 is 0 Å². The third-order valence-electron chi connectivity index (χ3n) is 3.58. The van der Waals surface area contributed by atoms with Gasteiger partial charge in [-0.3, -0.25) is 10.1 Å². The van der Waals surface area contributed by atoms with Crippen molar-refractivity contribution in [3.63, 3.8) is 0 Å². The molecule has 0 aliphatic heterocycles. The first-order valence-electron chi connectivity index (χ1n) is 6.13.